The van der Waals surface area contributed by atoms with Crippen LogP contribution < -0.4 is 19.6 Å². The molecule has 148 heavy (non-hydrogen) atoms. The van der Waals surface area contributed by atoms with E-state index in [4.69, 9.17) is 0 Å². The molecule has 0 amide bonds. The van der Waals surface area contributed by atoms with Gasteiger partial charge in [0.05, 0.1) is 28.2 Å². The highest BCUT2D eigenvalue weighted by molar-refractivity contribution is 6.05. The summed E-state index contributed by atoms with van der Waals surface area (Å²) in [7, 11) is 0. The van der Waals surface area contributed by atoms with Gasteiger partial charge in [0, 0.05) is 89.4 Å². The molecule has 22 aromatic rings. The van der Waals surface area contributed by atoms with E-state index >= 15 is 0 Å². The van der Waals surface area contributed by atoms with Gasteiger partial charge >= 0.3 is 0 Å². The minimum atomic E-state index is -0.727. The van der Waals surface area contributed by atoms with Crippen molar-refractivity contribution in [2.24, 2.45) is 0 Å². The number of fused-ring (bicyclic) bond motifs is 19. The van der Waals surface area contributed by atoms with Gasteiger partial charge in [0.15, 0.2) is 0 Å². The Bertz CT molecular complexity index is 9240. The first-order valence-corrected chi connectivity index (χ1v) is 52.2. The third kappa shape index (κ3) is 12.7. The van der Waals surface area contributed by atoms with E-state index in [0.29, 0.717) is 0 Å². The van der Waals surface area contributed by atoms with E-state index in [1.165, 1.54) is 139 Å². The molecule has 0 saturated heterocycles. The highest BCUT2D eigenvalue weighted by Gasteiger charge is 2.53. The van der Waals surface area contributed by atoms with Crippen molar-refractivity contribution in [1.29, 1.82) is 0 Å². The molecule has 0 aromatic heterocycles. The van der Waals surface area contributed by atoms with Crippen molar-refractivity contribution in [1.82, 2.24) is 0 Å². The van der Waals surface area contributed by atoms with Gasteiger partial charge in [0.2, 0.25) is 0 Å². The topological polar surface area (TPSA) is 13.0 Å². The molecule has 8 bridgehead atoms. The highest BCUT2D eigenvalue weighted by atomic mass is 15.2. The normalized spacial score (nSPS) is 15.2. The van der Waals surface area contributed by atoms with Crippen molar-refractivity contribution in [2.75, 3.05) is 19.6 Å². The van der Waals surface area contributed by atoms with E-state index < -0.39 is 16.2 Å². The SMILES string of the molecule is CC1(C)c2ccccc2-c2cc(N(c3cc(-c4ccc5c(c4)-c4cc(-c6cc7cc(c6)N(c6ccccc6-c6ccccc6)c6ccc8c(c6)C(C)(c6ccccc6-8)c6cccc8c6-c6ccc(cc6C8(C)C)N7c6ccccc6-c6ccccc6)ccc4C54c5ccccc5-c5ccccc54)cc(N(c4ccc5c(c4)C(C)(C)c4ccccc4-5)c4ccccc4-c4ccccc4)c3)c3ccccc3-c3ccccc3)ccc21. The van der Waals surface area contributed by atoms with Crippen LogP contribution in [-0.2, 0) is 27.1 Å². The number of nitrogens with zero attached hydrogens (tertiary/aromatic N) is 4. The minimum absolute atomic E-state index is 0.233. The second-order valence-corrected chi connectivity index (χ2v) is 43.0. The first-order chi connectivity index (χ1) is 72.5. The van der Waals surface area contributed by atoms with E-state index in [9.17, 15) is 0 Å². The Hall–Kier alpha value is -18.0. The molecule has 1 atom stereocenters. The fourth-order valence-corrected chi connectivity index (χ4v) is 27.3. The lowest BCUT2D eigenvalue weighted by Gasteiger charge is -2.34. The first kappa shape index (κ1) is 86.7. The molecule has 6 aliphatic carbocycles. The summed E-state index contributed by atoms with van der Waals surface area (Å²) in [6.45, 7) is 17.0. The zero-order valence-corrected chi connectivity index (χ0v) is 83.7. The molecule has 0 saturated carbocycles. The Morgan fingerprint density at radius 1 is 0.155 bits per heavy atom. The van der Waals surface area contributed by atoms with Crippen LogP contribution >= 0.6 is 0 Å². The quantitative estimate of drug-likeness (QED) is 0.108. The van der Waals surface area contributed by atoms with Crippen molar-refractivity contribution in [3.63, 3.8) is 0 Å². The summed E-state index contributed by atoms with van der Waals surface area (Å²) in [6, 6.07) is 193. The third-order valence-electron chi connectivity index (χ3n) is 34.2. The van der Waals surface area contributed by atoms with E-state index in [1.54, 1.807) is 0 Å². The maximum absolute atomic E-state index is 2.59. The van der Waals surface area contributed by atoms with Crippen LogP contribution in [0, 0.1) is 0 Å². The van der Waals surface area contributed by atoms with Gasteiger partial charge < -0.3 is 19.6 Å². The van der Waals surface area contributed by atoms with Crippen LogP contribution in [0.15, 0.2) is 504 Å². The Labute approximate surface area is 866 Å². The van der Waals surface area contributed by atoms with Crippen LogP contribution in [0.3, 0.4) is 0 Å². The van der Waals surface area contributed by atoms with Crippen molar-refractivity contribution in [3.05, 3.63) is 576 Å². The lowest BCUT2D eigenvalue weighted by molar-refractivity contribution is 0.656. The van der Waals surface area contributed by atoms with Crippen LogP contribution in [0.5, 0.6) is 0 Å². The second-order valence-electron chi connectivity index (χ2n) is 43.0. The molecule has 1 spiro atoms. The number of rotatable bonds is 14. The van der Waals surface area contributed by atoms with Gasteiger partial charge in [-0.2, -0.15) is 0 Å². The van der Waals surface area contributed by atoms with E-state index in [2.05, 4.69) is 572 Å². The number of hydrogen-bond donors (Lipinski definition) is 0. The van der Waals surface area contributed by atoms with Gasteiger partial charge in [0.1, 0.15) is 0 Å². The third-order valence-corrected chi connectivity index (χ3v) is 34.2. The molecule has 0 N–H and O–H groups in total. The van der Waals surface area contributed by atoms with E-state index in [1.807, 2.05) is 0 Å². The molecular weight excluding hydrogens is 1790 g/mol. The van der Waals surface area contributed by atoms with Crippen molar-refractivity contribution >= 4 is 68.2 Å². The Morgan fingerprint density at radius 3 is 1.00 bits per heavy atom. The Morgan fingerprint density at radius 2 is 0.480 bits per heavy atom. The average Bonchev–Trinajstić information content (AvgIpc) is 1.50. The van der Waals surface area contributed by atoms with E-state index in [0.717, 1.165) is 135 Å². The lowest BCUT2D eigenvalue weighted by Crippen LogP contribution is -2.25. The fraction of sp³-hybridized carbons (Fsp3) is 0.0833. The van der Waals surface area contributed by atoms with Gasteiger partial charge in [-0.3, -0.25) is 0 Å². The van der Waals surface area contributed by atoms with Gasteiger partial charge in [-0.05, 0) is 312 Å². The molecule has 8 aliphatic rings. The molecule has 2 aliphatic heterocycles. The van der Waals surface area contributed by atoms with Gasteiger partial charge in [-0.1, -0.05) is 424 Å². The largest absolute Gasteiger partial charge is 0.310 e. The lowest BCUT2D eigenvalue weighted by atomic mass is 9.70. The van der Waals surface area contributed by atoms with Crippen LogP contribution in [0.1, 0.15) is 121 Å². The summed E-state index contributed by atoms with van der Waals surface area (Å²) in [5.41, 5.74) is 55.4. The molecule has 0 fully saturated rings. The van der Waals surface area contributed by atoms with Crippen LogP contribution in [-0.4, -0.2) is 0 Å². The summed E-state index contributed by atoms with van der Waals surface area (Å²) in [5, 5.41) is 0. The maximum atomic E-state index is 2.59. The molecular formula is C144H104N4. The fourth-order valence-electron chi connectivity index (χ4n) is 27.3. The van der Waals surface area contributed by atoms with Crippen molar-refractivity contribution < 1.29 is 0 Å². The van der Waals surface area contributed by atoms with E-state index in [-0.39, 0.29) is 10.8 Å². The second kappa shape index (κ2) is 32.8. The summed E-state index contributed by atoms with van der Waals surface area (Å²) in [4.78, 5) is 10.3. The number of para-hydroxylation sites is 4. The molecule has 22 aromatic carbocycles. The molecule has 700 valence electrons. The predicted molar refractivity (Wildman–Crippen MR) is 618 cm³/mol. The van der Waals surface area contributed by atoms with Gasteiger partial charge in [0.25, 0.3) is 0 Å². The number of benzene rings is 22. The Kier molecular flexibility index (Phi) is 19.2. The molecule has 1 unspecified atom stereocenters. The monoisotopic (exact) mass is 1890 g/mol. The zero-order valence-electron chi connectivity index (χ0n) is 83.7. The van der Waals surface area contributed by atoms with Crippen LogP contribution in [0.4, 0.5) is 68.2 Å². The van der Waals surface area contributed by atoms with Crippen molar-refractivity contribution in [3.8, 4) is 134 Å². The van der Waals surface area contributed by atoms with Crippen LogP contribution in [0.25, 0.3) is 134 Å². The van der Waals surface area contributed by atoms with Gasteiger partial charge in [-0.15, -0.1) is 0 Å². The standard InChI is InChI=1S/C144H104N4/c1-140(2)123-57-30-21-55-115(123)121-87-99(72-78-124(121)140)145(135-63-34-25-47-107(135)91-39-12-8-13-40-91)103-79-97(80-104(85-103)146(136-64-35-26-48-108(136)92-41-14-9-15-42-92)100-69-73-116-111-51-20-29-56-122(111)141(3,4)132(116)88-100)95-67-76-128-119(83-95)120-84-96(68-77-129(120)144(128)126-59-32-23-53-113(126)114-54-24-33-60-127(114)144)98-81-105-86-106(82-98)148(138-66-37-28-50-110(138)94-45-18-11-19-46-94)102-70-74-117-112-52-22-31-58-125(112)143(7,134(117)90-102)131-62-38-61-130-139(131)118-75-71-101(89-133(118)142(130,5)6)147(105)137-65-36-27-49-109(137)93-43-16-10-17-44-93/h8-90H,1-7H3. The highest BCUT2D eigenvalue weighted by Crippen LogP contribution is 2.67. The van der Waals surface area contributed by atoms with Crippen molar-refractivity contribution in [2.45, 2.75) is 75.5 Å². The summed E-state index contributed by atoms with van der Waals surface area (Å²) in [6.07, 6.45) is 0. The molecule has 4 nitrogen and oxygen atoms in total. The minimum Gasteiger partial charge on any atom is -0.310 e. The molecule has 0 radical (unpaired) electrons. The van der Waals surface area contributed by atoms with Crippen LogP contribution in [0.2, 0.25) is 0 Å². The molecule has 30 rings (SSSR count). The smallest absolute Gasteiger partial charge is 0.0725 e. The molecule has 2 heterocycles. The Balaban J connectivity index is 0.711. The summed E-state index contributed by atoms with van der Waals surface area (Å²) in [5.74, 6) is 0. The predicted octanol–water partition coefficient (Wildman–Crippen LogP) is 38.5. The number of anilines is 12. The first-order valence-electron chi connectivity index (χ1n) is 52.2. The maximum Gasteiger partial charge on any atom is 0.0725 e. The zero-order chi connectivity index (χ0) is 98.8. The summed E-state index contributed by atoms with van der Waals surface area (Å²) >= 11 is 0. The van der Waals surface area contributed by atoms with Gasteiger partial charge in [-0.25, -0.2) is 0 Å². The average molecular weight is 1890 g/mol. The number of hydrogen-bond acceptors (Lipinski definition) is 4. The summed E-state index contributed by atoms with van der Waals surface area (Å²) < 4.78 is 0. The molecule has 4 heteroatoms.